The number of hydrogen-bond donors (Lipinski definition) is 1. The van der Waals surface area contributed by atoms with Crippen molar-refractivity contribution in [3.63, 3.8) is 0 Å². The van der Waals surface area contributed by atoms with Gasteiger partial charge in [-0.1, -0.05) is 13.8 Å². The van der Waals surface area contributed by atoms with Gasteiger partial charge in [0.05, 0.1) is 19.6 Å². The van der Waals surface area contributed by atoms with Crippen molar-refractivity contribution in [1.29, 1.82) is 0 Å². The average Bonchev–Trinajstić information content (AvgIpc) is 3.23. The number of carboxylic acid groups (broad SMARTS) is 1. The Kier molecular flexibility index (Phi) is 5.38. The molecule has 0 bridgehead atoms. The summed E-state index contributed by atoms with van der Waals surface area (Å²) in [6.07, 6.45) is -0.366. The van der Waals surface area contributed by atoms with Gasteiger partial charge in [0.25, 0.3) is 0 Å². The van der Waals surface area contributed by atoms with Crippen molar-refractivity contribution in [3.05, 3.63) is 0 Å². The number of rotatable bonds is 6. The van der Waals surface area contributed by atoms with Crippen LogP contribution in [-0.2, 0) is 33.2 Å². The van der Waals surface area contributed by atoms with Crippen molar-refractivity contribution < 1.29 is 38.3 Å². The highest BCUT2D eigenvalue weighted by molar-refractivity contribution is 5.67. The molecule has 8 heteroatoms. The van der Waals surface area contributed by atoms with E-state index in [1.54, 1.807) is 6.92 Å². The molecule has 0 aromatic carbocycles. The van der Waals surface area contributed by atoms with E-state index >= 15 is 0 Å². The Bertz CT molecular complexity index is 541. The summed E-state index contributed by atoms with van der Waals surface area (Å²) in [5.74, 6) is -3.52. The average molecular weight is 374 g/mol. The van der Waals surface area contributed by atoms with E-state index < -0.39 is 35.5 Å². The van der Waals surface area contributed by atoms with Gasteiger partial charge in [-0.15, -0.1) is 0 Å². The molecule has 150 valence electrons. The van der Waals surface area contributed by atoms with E-state index in [2.05, 4.69) is 0 Å². The van der Waals surface area contributed by atoms with Gasteiger partial charge >= 0.3 is 5.97 Å². The molecule has 3 aliphatic heterocycles. The largest absolute Gasteiger partial charge is 0.481 e. The topological polar surface area (TPSA) is 92.7 Å². The molecule has 8 nitrogen and oxygen atoms in total. The van der Waals surface area contributed by atoms with Crippen LogP contribution in [0.25, 0.3) is 0 Å². The van der Waals surface area contributed by atoms with E-state index in [0.29, 0.717) is 13.0 Å². The molecule has 0 spiro atoms. The van der Waals surface area contributed by atoms with Crippen molar-refractivity contribution in [2.24, 2.45) is 0 Å². The normalized spacial score (nSPS) is 49.0. The Hall–Kier alpha value is -0.770. The maximum Gasteiger partial charge on any atom is 0.308 e. The van der Waals surface area contributed by atoms with Crippen molar-refractivity contribution in [2.75, 3.05) is 13.2 Å². The quantitative estimate of drug-likeness (QED) is 0.755. The van der Waals surface area contributed by atoms with E-state index in [1.807, 2.05) is 27.7 Å². The van der Waals surface area contributed by atoms with Gasteiger partial charge in [-0.2, -0.15) is 0 Å². The molecule has 0 aliphatic carbocycles. The van der Waals surface area contributed by atoms with Gasteiger partial charge in [0.15, 0.2) is 17.4 Å². The van der Waals surface area contributed by atoms with Crippen LogP contribution in [0.4, 0.5) is 0 Å². The summed E-state index contributed by atoms with van der Waals surface area (Å²) in [5, 5.41) is 9.07. The summed E-state index contributed by atoms with van der Waals surface area (Å²) in [5.41, 5.74) is 0. The fourth-order valence-electron chi connectivity index (χ4n) is 3.65. The Morgan fingerprint density at radius 3 is 1.73 bits per heavy atom. The number of carbonyl (C=O) groups is 1. The highest BCUT2D eigenvalue weighted by atomic mass is 16.8. The van der Waals surface area contributed by atoms with E-state index in [-0.39, 0.29) is 25.2 Å². The highest BCUT2D eigenvalue weighted by Crippen LogP contribution is 2.42. The Morgan fingerprint density at radius 2 is 1.31 bits per heavy atom. The summed E-state index contributed by atoms with van der Waals surface area (Å²) < 4.78 is 35.9. The molecular weight excluding hydrogens is 344 g/mol. The number of hydrogen-bond acceptors (Lipinski definition) is 7. The highest BCUT2D eigenvalue weighted by Gasteiger charge is 2.56. The van der Waals surface area contributed by atoms with Crippen LogP contribution in [0.2, 0.25) is 0 Å². The van der Waals surface area contributed by atoms with Crippen LogP contribution < -0.4 is 0 Å². The molecule has 3 aliphatic rings. The monoisotopic (exact) mass is 374 g/mol. The number of carboxylic acids is 1. The lowest BCUT2D eigenvalue weighted by atomic mass is 10.0. The summed E-state index contributed by atoms with van der Waals surface area (Å²) in [4.78, 5) is 11.1. The molecule has 7 atom stereocenters. The molecule has 0 saturated carbocycles. The van der Waals surface area contributed by atoms with E-state index in [0.717, 1.165) is 6.42 Å². The van der Waals surface area contributed by atoms with Crippen LogP contribution in [-0.4, -0.2) is 66.1 Å². The maximum atomic E-state index is 11.1. The second-order valence-electron chi connectivity index (χ2n) is 7.78. The molecule has 0 radical (unpaired) electrons. The van der Waals surface area contributed by atoms with Crippen LogP contribution in [0.1, 0.15) is 53.9 Å². The Morgan fingerprint density at radius 1 is 0.846 bits per heavy atom. The summed E-state index contributed by atoms with van der Waals surface area (Å²) >= 11 is 0. The van der Waals surface area contributed by atoms with Gasteiger partial charge < -0.3 is 33.5 Å². The second-order valence-corrected chi connectivity index (χ2v) is 7.78. The summed E-state index contributed by atoms with van der Waals surface area (Å²) in [7, 11) is 0. The molecule has 0 amide bonds. The minimum Gasteiger partial charge on any atom is -0.481 e. The third-order valence-electron chi connectivity index (χ3n) is 5.49. The molecular formula is C18H30O8. The third kappa shape index (κ3) is 3.90. The van der Waals surface area contributed by atoms with Crippen molar-refractivity contribution in [1.82, 2.24) is 0 Å². The fraction of sp³-hybridized carbons (Fsp3) is 0.944. The van der Waals surface area contributed by atoms with Gasteiger partial charge in [0.1, 0.15) is 24.4 Å². The predicted octanol–water partition coefficient (Wildman–Crippen LogP) is 2.04. The minimum atomic E-state index is -1.17. The molecule has 0 aromatic heterocycles. The van der Waals surface area contributed by atoms with Crippen molar-refractivity contribution in [3.8, 4) is 0 Å². The first-order chi connectivity index (χ1) is 12.1. The van der Waals surface area contributed by atoms with Crippen LogP contribution in [0.5, 0.6) is 0 Å². The van der Waals surface area contributed by atoms with Crippen LogP contribution in [0, 0.1) is 0 Å². The molecule has 1 N–H and O–H groups in total. The third-order valence-corrected chi connectivity index (χ3v) is 5.49. The summed E-state index contributed by atoms with van der Waals surface area (Å²) in [6, 6.07) is 0. The first-order valence-corrected chi connectivity index (χ1v) is 9.32. The smallest absolute Gasteiger partial charge is 0.308 e. The van der Waals surface area contributed by atoms with Gasteiger partial charge in [0.2, 0.25) is 0 Å². The fourth-order valence-corrected chi connectivity index (χ4v) is 3.65. The Labute approximate surface area is 154 Å². The van der Waals surface area contributed by atoms with Gasteiger partial charge in [-0.3, -0.25) is 4.79 Å². The zero-order valence-corrected chi connectivity index (χ0v) is 16.1. The summed E-state index contributed by atoms with van der Waals surface area (Å²) in [6.45, 7) is 10.1. The van der Waals surface area contributed by atoms with E-state index in [4.69, 9.17) is 33.5 Å². The first kappa shape index (κ1) is 20.0. The number of ether oxygens (including phenoxy) is 6. The minimum absolute atomic E-state index is 0.232. The molecule has 26 heavy (non-hydrogen) atoms. The zero-order valence-electron chi connectivity index (χ0n) is 16.1. The van der Waals surface area contributed by atoms with Gasteiger partial charge in [0, 0.05) is 0 Å². The molecule has 3 rings (SSSR count). The zero-order chi connectivity index (χ0) is 19.2. The van der Waals surface area contributed by atoms with Gasteiger partial charge in [-0.25, -0.2) is 0 Å². The van der Waals surface area contributed by atoms with Gasteiger partial charge in [-0.05, 0) is 33.6 Å². The lowest BCUT2D eigenvalue weighted by molar-refractivity contribution is -0.196. The van der Waals surface area contributed by atoms with Crippen molar-refractivity contribution >= 4 is 5.97 Å². The van der Waals surface area contributed by atoms with Crippen LogP contribution in [0.15, 0.2) is 0 Å². The maximum absolute atomic E-state index is 11.1. The molecule has 3 saturated heterocycles. The van der Waals surface area contributed by atoms with E-state index in [1.165, 1.54) is 0 Å². The standard InChI is InChI=1S/C18H30O8/c1-6-16(3)21-9-11(23-16)14-15(26-17(4,7-2)25-14)12-10-22-18(5,24-12)8-13(19)20/h11-12,14-15H,6-10H2,1-5H3,(H,19,20). The SMILES string of the molecule is CCC1(C)OCC(C2OC(C)(CC)OC2C2COC(C)(CC(=O)O)O2)O1. The molecule has 3 heterocycles. The second kappa shape index (κ2) is 7.00. The molecule has 0 aromatic rings. The van der Waals surface area contributed by atoms with E-state index in [9.17, 15) is 4.79 Å². The van der Waals surface area contributed by atoms with Crippen LogP contribution in [0.3, 0.4) is 0 Å². The first-order valence-electron chi connectivity index (χ1n) is 9.32. The van der Waals surface area contributed by atoms with Crippen LogP contribution >= 0.6 is 0 Å². The number of aliphatic carboxylic acids is 1. The lowest BCUT2D eigenvalue weighted by Crippen LogP contribution is -2.45. The molecule has 7 unspecified atom stereocenters. The molecule has 3 fully saturated rings. The Balaban J connectivity index is 1.75. The predicted molar refractivity (Wildman–Crippen MR) is 89.4 cm³/mol. The lowest BCUT2D eigenvalue weighted by Gasteiger charge is -2.28. The van der Waals surface area contributed by atoms with Crippen molar-refractivity contribution in [2.45, 2.75) is 95.7 Å².